The van der Waals surface area contributed by atoms with E-state index in [0.29, 0.717) is 16.1 Å². The number of benzene rings is 1. The molecule has 0 saturated heterocycles. The number of nitrogens with two attached hydrogens (primary N) is 1. The molecule has 94 valence electrons. The molecule has 0 radical (unpaired) electrons. The van der Waals surface area contributed by atoms with E-state index in [0.717, 1.165) is 24.1 Å². The van der Waals surface area contributed by atoms with Crippen LogP contribution in [0, 0.1) is 0 Å². The Morgan fingerprint density at radius 1 is 1.41 bits per heavy atom. The van der Waals surface area contributed by atoms with E-state index in [4.69, 9.17) is 29.6 Å². The molecule has 0 unspecified atom stereocenters. The normalized spacial score (nSPS) is 10.6. The van der Waals surface area contributed by atoms with Gasteiger partial charge in [-0.3, -0.25) is 0 Å². The molecule has 0 bridgehead atoms. The van der Waals surface area contributed by atoms with Crippen molar-refractivity contribution < 1.29 is 0 Å². The molecule has 2 nitrogen and oxygen atoms in total. The first-order valence-corrected chi connectivity index (χ1v) is 6.62. The molecule has 0 saturated carbocycles. The van der Waals surface area contributed by atoms with Crippen molar-refractivity contribution in [3.63, 3.8) is 0 Å². The van der Waals surface area contributed by atoms with Gasteiger partial charge in [0.1, 0.15) is 4.99 Å². The molecule has 0 heterocycles. The average Bonchev–Trinajstić information content (AvgIpc) is 2.29. The van der Waals surface area contributed by atoms with Crippen molar-refractivity contribution in [1.82, 2.24) is 0 Å². The van der Waals surface area contributed by atoms with Gasteiger partial charge in [0.05, 0.1) is 10.6 Å². The molecule has 0 aliphatic heterocycles. The lowest BCUT2D eigenvalue weighted by Gasteiger charge is -2.30. The van der Waals surface area contributed by atoms with E-state index >= 15 is 0 Å². The van der Waals surface area contributed by atoms with Gasteiger partial charge in [0.15, 0.2) is 0 Å². The van der Waals surface area contributed by atoms with Crippen LogP contribution < -0.4 is 10.6 Å². The maximum Gasteiger partial charge on any atom is 0.107 e. The molecule has 1 aromatic carbocycles. The number of rotatable bonds is 5. The van der Waals surface area contributed by atoms with Crippen molar-refractivity contribution in [2.24, 2.45) is 5.73 Å². The fourth-order valence-corrected chi connectivity index (χ4v) is 2.63. The molecular weight excluding hydrogens is 252 g/mol. The van der Waals surface area contributed by atoms with Crippen LogP contribution in [0.25, 0.3) is 0 Å². The minimum Gasteiger partial charge on any atom is -0.389 e. The third-order valence-corrected chi connectivity index (χ3v) is 3.63. The lowest BCUT2D eigenvalue weighted by Crippen LogP contribution is -2.32. The second-order valence-corrected chi connectivity index (χ2v) is 4.93. The van der Waals surface area contributed by atoms with Gasteiger partial charge in [0.25, 0.3) is 0 Å². The van der Waals surface area contributed by atoms with Crippen LogP contribution in [0.2, 0.25) is 5.02 Å². The quantitative estimate of drug-likeness (QED) is 0.829. The zero-order valence-corrected chi connectivity index (χ0v) is 12.1. The lowest BCUT2D eigenvalue weighted by atomic mass is 10.1. The van der Waals surface area contributed by atoms with Crippen LogP contribution in [0.4, 0.5) is 5.69 Å². The minimum atomic E-state index is 0.350. The van der Waals surface area contributed by atoms with Gasteiger partial charge in [-0.25, -0.2) is 0 Å². The first kappa shape index (κ1) is 14.3. The number of hydrogen-bond donors (Lipinski definition) is 1. The Morgan fingerprint density at radius 3 is 2.47 bits per heavy atom. The Bertz CT molecular complexity index is 402. The fourth-order valence-electron chi connectivity index (χ4n) is 2.08. The van der Waals surface area contributed by atoms with E-state index in [1.807, 2.05) is 18.2 Å². The first-order valence-electron chi connectivity index (χ1n) is 5.84. The fraction of sp³-hybridized carbons (Fsp3) is 0.462. The third kappa shape index (κ3) is 3.11. The molecule has 1 rings (SSSR count). The maximum absolute atomic E-state index is 6.17. The summed E-state index contributed by atoms with van der Waals surface area (Å²) in [6.07, 6.45) is 2.16. The molecule has 0 spiro atoms. The summed E-state index contributed by atoms with van der Waals surface area (Å²) >= 11 is 11.2. The summed E-state index contributed by atoms with van der Waals surface area (Å²) in [7, 11) is 2.06. The summed E-state index contributed by atoms with van der Waals surface area (Å²) in [6, 6.07) is 6.23. The summed E-state index contributed by atoms with van der Waals surface area (Å²) < 4.78 is 0. The molecule has 0 aromatic heterocycles. The smallest absolute Gasteiger partial charge is 0.107 e. The van der Waals surface area contributed by atoms with Crippen molar-refractivity contribution >= 4 is 34.5 Å². The van der Waals surface area contributed by atoms with Crippen LogP contribution >= 0.6 is 23.8 Å². The van der Waals surface area contributed by atoms with Crippen LogP contribution in [0.5, 0.6) is 0 Å². The maximum atomic E-state index is 6.17. The summed E-state index contributed by atoms with van der Waals surface area (Å²) in [6.45, 7) is 4.35. The third-order valence-electron chi connectivity index (χ3n) is 3.11. The molecule has 0 fully saturated rings. The van der Waals surface area contributed by atoms with Crippen LogP contribution in [0.3, 0.4) is 0 Å². The highest BCUT2D eigenvalue weighted by Crippen LogP contribution is 2.29. The van der Waals surface area contributed by atoms with Gasteiger partial charge in [-0.15, -0.1) is 0 Å². The summed E-state index contributed by atoms with van der Waals surface area (Å²) in [5, 5.41) is 0.618. The van der Waals surface area contributed by atoms with Crippen molar-refractivity contribution in [3.05, 3.63) is 28.8 Å². The largest absolute Gasteiger partial charge is 0.389 e. The number of halogens is 1. The van der Waals surface area contributed by atoms with E-state index < -0.39 is 0 Å². The number of thiocarbonyl (C=S) groups is 1. The zero-order valence-electron chi connectivity index (χ0n) is 10.5. The predicted octanol–water partition coefficient (Wildman–Crippen LogP) is 3.60. The Morgan fingerprint density at radius 2 is 2.00 bits per heavy atom. The second kappa shape index (κ2) is 6.22. The van der Waals surface area contributed by atoms with E-state index in [-0.39, 0.29) is 0 Å². The van der Waals surface area contributed by atoms with Crippen LogP contribution in [-0.2, 0) is 0 Å². The molecule has 0 aliphatic rings. The second-order valence-electron chi connectivity index (χ2n) is 4.08. The van der Waals surface area contributed by atoms with Gasteiger partial charge in [0.2, 0.25) is 0 Å². The standard InChI is InChI=1S/C13H19ClN2S/c1-4-9(5-2)16(3)11-8-6-7-10(14)12(11)13(15)17/h6-9H,4-5H2,1-3H3,(H2,15,17). The minimum absolute atomic E-state index is 0.350. The number of anilines is 1. The molecule has 0 amide bonds. The average molecular weight is 271 g/mol. The van der Waals surface area contributed by atoms with Gasteiger partial charge < -0.3 is 10.6 Å². The Labute approximate surface area is 114 Å². The molecular formula is C13H19ClN2S. The Hall–Kier alpha value is -0.800. The molecule has 17 heavy (non-hydrogen) atoms. The highest BCUT2D eigenvalue weighted by Gasteiger charge is 2.17. The predicted molar refractivity (Wildman–Crippen MR) is 80.1 cm³/mol. The van der Waals surface area contributed by atoms with Gasteiger partial charge >= 0.3 is 0 Å². The highest BCUT2D eigenvalue weighted by molar-refractivity contribution is 7.80. The van der Waals surface area contributed by atoms with E-state index in [1.165, 1.54) is 0 Å². The van der Waals surface area contributed by atoms with Crippen LogP contribution in [0.1, 0.15) is 32.3 Å². The molecule has 1 aromatic rings. The van der Waals surface area contributed by atoms with Crippen molar-refractivity contribution in [2.75, 3.05) is 11.9 Å². The van der Waals surface area contributed by atoms with Crippen molar-refractivity contribution in [3.8, 4) is 0 Å². The monoisotopic (exact) mass is 270 g/mol. The van der Waals surface area contributed by atoms with Crippen molar-refractivity contribution in [2.45, 2.75) is 32.7 Å². The Balaban J connectivity index is 3.21. The number of hydrogen-bond acceptors (Lipinski definition) is 2. The SMILES string of the molecule is CCC(CC)N(C)c1cccc(Cl)c1C(N)=S. The summed E-state index contributed by atoms with van der Waals surface area (Å²) in [5.41, 5.74) is 7.55. The summed E-state index contributed by atoms with van der Waals surface area (Å²) in [5.74, 6) is 0. The van der Waals surface area contributed by atoms with Crippen molar-refractivity contribution in [1.29, 1.82) is 0 Å². The molecule has 0 atom stereocenters. The number of nitrogens with zero attached hydrogens (tertiary/aromatic N) is 1. The Kier molecular flexibility index (Phi) is 5.22. The van der Waals surface area contributed by atoms with Gasteiger partial charge in [-0.05, 0) is 25.0 Å². The van der Waals surface area contributed by atoms with E-state index in [2.05, 4.69) is 25.8 Å². The lowest BCUT2D eigenvalue weighted by molar-refractivity contribution is 0.591. The topological polar surface area (TPSA) is 29.3 Å². The zero-order chi connectivity index (χ0) is 13.0. The van der Waals surface area contributed by atoms with Crippen LogP contribution in [0.15, 0.2) is 18.2 Å². The summed E-state index contributed by atoms with van der Waals surface area (Å²) in [4.78, 5) is 2.56. The molecule has 2 N–H and O–H groups in total. The van der Waals surface area contributed by atoms with Gasteiger partial charge in [-0.2, -0.15) is 0 Å². The molecule has 4 heteroatoms. The first-order chi connectivity index (χ1) is 8.02. The van der Waals surface area contributed by atoms with E-state index in [9.17, 15) is 0 Å². The highest BCUT2D eigenvalue weighted by atomic mass is 35.5. The van der Waals surface area contributed by atoms with Crippen LogP contribution in [-0.4, -0.2) is 18.1 Å². The van der Waals surface area contributed by atoms with Gasteiger partial charge in [0, 0.05) is 18.8 Å². The molecule has 0 aliphatic carbocycles. The van der Waals surface area contributed by atoms with Gasteiger partial charge in [-0.1, -0.05) is 43.7 Å². The van der Waals surface area contributed by atoms with E-state index in [1.54, 1.807) is 0 Å².